The van der Waals surface area contributed by atoms with Crippen LogP contribution in [0.2, 0.25) is 0 Å². The number of hydrogen-bond acceptors (Lipinski definition) is 4. The number of nitrogens with one attached hydrogen (secondary N) is 1. The van der Waals surface area contributed by atoms with Crippen LogP contribution in [0.3, 0.4) is 0 Å². The average Bonchev–Trinajstić information content (AvgIpc) is 2.55. The van der Waals surface area contributed by atoms with Gasteiger partial charge < -0.3 is 9.15 Å². The van der Waals surface area contributed by atoms with Gasteiger partial charge in [-0.15, -0.1) is 0 Å². The highest BCUT2D eigenvalue weighted by molar-refractivity contribution is 5.91. The minimum Gasteiger partial charge on any atom is -0.456 e. The molecule has 0 unspecified atom stereocenters. The molecule has 0 aliphatic rings. The molecule has 0 atom stereocenters. The zero-order chi connectivity index (χ0) is 11.4. The van der Waals surface area contributed by atoms with E-state index in [4.69, 9.17) is 15.0 Å². The van der Waals surface area contributed by atoms with E-state index in [-0.39, 0.29) is 11.9 Å². The maximum absolute atomic E-state index is 11.1. The summed E-state index contributed by atoms with van der Waals surface area (Å²) < 4.78 is 10.6. The van der Waals surface area contributed by atoms with E-state index in [0.29, 0.717) is 12.4 Å². The number of rotatable bonds is 4. The minimum absolute atomic E-state index is 0.145. The molecule has 0 saturated heterocycles. The van der Waals surface area contributed by atoms with Crippen LogP contribution in [0.5, 0.6) is 0 Å². The summed E-state index contributed by atoms with van der Waals surface area (Å²) >= 11 is 0. The number of hydrazine groups is 1. The molecule has 0 fully saturated rings. The standard InChI is InChI=1S/C10H16N2O3/c1-6(2)14-5-8-4-9(10(13)12-11)15-7(8)3/h4,6H,5,11H2,1-3H3,(H,12,13). The highest BCUT2D eigenvalue weighted by Gasteiger charge is 2.13. The van der Waals surface area contributed by atoms with E-state index in [0.717, 1.165) is 5.56 Å². The van der Waals surface area contributed by atoms with Gasteiger partial charge in [-0.25, -0.2) is 5.84 Å². The summed E-state index contributed by atoms with van der Waals surface area (Å²) in [6, 6.07) is 1.64. The van der Waals surface area contributed by atoms with E-state index in [9.17, 15) is 4.79 Å². The lowest BCUT2D eigenvalue weighted by Gasteiger charge is -2.05. The van der Waals surface area contributed by atoms with Crippen LogP contribution < -0.4 is 11.3 Å². The number of nitrogen functional groups attached to an aromatic ring is 1. The van der Waals surface area contributed by atoms with Crippen LogP contribution in [-0.4, -0.2) is 12.0 Å². The molecule has 5 heteroatoms. The molecule has 0 aliphatic carbocycles. The Morgan fingerprint density at radius 1 is 1.67 bits per heavy atom. The van der Waals surface area contributed by atoms with Crippen molar-refractivity contribution in [1.29, 1.82) is 0 Å². The van der Waals surface area contributed by atoms with Crippen molar-refractivity contribution < 1.29 is 13.9 Å². The highest BCUT2D eigenvalue weighted by Crippen LogP contribution is 2.16. The van der Waals surface area contributed by atoms with E-state index >= 15 is 0 Å². The maximum Gasteiger partial charge on any atom is 0.300 e. The molecule has 15 heavy (non-hydrogen) atoms. The molecular weight excluding hydrogens is 196 g/mol. The molecule has 1 amide bonds. The van der Waals surface area contributed by atoms with Crippen molar-refractivity contribution in [1.82, 2.24) is 5.43 Å². The highest BCUT2D eigenvalue weighted by atomic mass is 16.5. The number of furan rings is 1. The van der Waals surface area contributed by atoms with Crippen LogP contribution in [0.1, 0.15) is 35.7 Å². The Labute approximate surface area is 88.6 Å². The van der Waals surface area contributed by atoms with Crippen LogP contribution in [0.4, 0.5) is 0 Å². The minimum atomic E-state index is -0.436. The molecule has 3 N–H and O–H groups in total. The fourth-order valence-electron chi connectivity index (χ4n) is 1.10. The molecule has 1 heterocycles. The Morgan fingerprint density at radius 2 is 2.33 bits per heavy atom. The first-order valence-corrected chi connectivity index (χ1v) is 4.76. The van der Waals surface area contributed by atoms with E-state index in [2.05, 4.69) is 0 Å². The molecule has 0 spiro atoms. The molecule has 1 aromatic heterocycles. The van der Waals surface area contributed by atoms with Gasteiger partial charge in [0.05, 0.1) is 12.7 Å². The smallest absolute Gasteiger partial charge is 0.300 e. The summed E-state index contributed by atoms with van der Waals surface area (Å²) in [4.78, 5) is 11.1. The maximum atomic E-state index is 11.1. The summed E-state index contributed by atoms with van der Waals surface area (Å²) in [5.74, 6) is 5.44. The van der Waals surface area contributed by atoms with E-state index in [1.807, 2.05) is 19.3 Å². The van der Waals surface area contributed by atoms with E-state index in [1.165, 1.54) is 0 Å². The third kappa shape index (κ3) is 3.07. The predicted octanol–water partition coefficient (Wildman–Crippen LogP) is 1.12. The fourth-order valence-corrected chi connectivity index (χ4v) is 1.10. The number of ether oxygens (including phenoxy) is 1. The van der Waals surface area contributed by atoms with Gasteiger partial charge in [0.2, 0.25) is 0 Å². The second-order valence-electron chi connectivity index (χ2n) is 3.53. The van der Waals surface area contributed by atoms with Gasteiger partial charge in [0.25, 0.3) is 0 Å². The van der Waals surface area contributed by atoms with Crippen LogP contribution in [-0.2, 0) is 11.3 Å². The average molecular weight is 212 g/mol. The van der Waals surface area contributed by atoms with Gasteiger partial charge in [-0.3, -0.25) is 10.2 Å². The molecule has 0 bridgehead atoms. The first-order valence-electron chi connectivity index (χ1n) is 4.76. The van der Waals surface area contributed by atoms with Crippen molar-refractivity contribution in [3.8, 4) is 0 Å². The Bertz CT molecular complexity index is 344. The van der Waals surface area contributed by atoms with E-state index in [1.54, 1.807) is 13.0 Å². The van der Waals surface area contributed by atoms with Gasteiger partial charge in [0, 0.05) is 5.56 Å². The third-order valence-corrected chi connectivity index (χ3v) is 1.95. The second-order valence-corrected chi connectivity index (χ2v) is 3.53. The largest absolute Gasteiger partial charge is 0.456 e. The van der Waals surface area contributed by atoms with Crippen LogP contribution in [0, 0.1) is 6.92 Å². The SMILES string of the molecule is Cc1oc(C(=O)NN)cc1COC(C)C. The molecule has 0 aromatic carbocycles. The number of carbonyl (C=O) groups excluding carboxylic acids is 1. The van der Waals surface area contributed by atoms with Crippen molar-refractivity contribution >= 4 is 5.91 Å². The van der Waals surface area contributed by atoms with Gasteiger partial charge in [-0.05, 0) is 26.8 Å². The van der Waals surface area contributed by atoms with E-state index < -0.39 is 5.91 Å². The van der Waals surface area contributed by atoms with Gasteiger partial charge in [-0.1, -0.05) is 0 Å². The van der Waals surface area contributed by atoms with Crippen molar-refractivity contribution in [2.45, 2.75) is 33.5 Å². The Balaban J connectivity index is 2.73. The number of nitrogens with two attached hydrogens (primary N) is 1. The van der Waals surface area contributed by atoms with Gasteiger partial charge in [0.1, 0.15) is 5.76 Å². The molecule has 0 radical (unpaired) electrons. The van der Waals surface area contributed by atoms with Gasteiger partial charge in [-0.2, -0.15) is 0 Å². The second kappa shape index (κ2) is 4.95. The molecule has 0 saturated carbocycles. The summed E-state index contributed by atoms with van der Waals surface area (Å²) in [6.45, 7) is 6.11. The van der Waals surface area contributed by atoms with Gasteiger partial charge in [0.15, 0.2) is 5.76 Å². The third-order valence-electron chi connectivity index (χ3n) is 1.95. The quantitative estimate of drug-likeness (QED) is 0.445. The molecule has 1 aromatic rings. The lowest BCUT2D eigenvalue weighted by molar-refractivity contribution is 0.0650. The number of hydrogen-bond donors (Lipinski definition) is 2. The molecule has 5 nitrogen and oxygen atoms in total. The number of aryl methyl sites for hydroxylation is 1. The summed E-state index contributed by atoms with van der Waals surface area (Å²) in [6.07, 6.45) is 0.145. The zero-order valence-electron chi connectivity index (χ0n) is 9.16. The Morgan fingerprint density at radius 3 is 2.87 bits per heavy atom. The first kappa shape index (κ1) is 11.7. The van der Waals surface area contributed by atoms with Crippen molar-refractivity contribution in [2.75, 3.05) is 0 Å². The van der Waals surface area contributed by atoms with Crippen LogP contribution in [0.15, 0.2) is 10.5 Å². The number of carbonyl (C=O) groups is 1. The monoisotopic (exact) mass is 212 g/mol. The molecule has 1 rings (SSSR count). The fraction of sp³-hybridized carbons (Fsp3) is 0.500. The summed E-state index contributed by atoms with van der Waals surface area (Å²) in [5.41, 5.74) is 2.88. The molecule has 0 aliphatic heterocycles. The normalized spacial score (nSPS) is 10.7. The summed E-state index contributed by atoms with van der Waals surface area (Å²) in [5, 5.41) is 0. The Kier molecular flexibility index (Phi) is 3.88. The molecule has 84 valence electrons. The lowest BCUT2D eigenvalue weighted by Crippen LogP contribution is -2.29. The van der Waals surface area contributed by atoms with Crippen molar-refractivity contribution in [3.63, 3.8) is 0 Å². The lowest BCUT2D eigenvalue weighted by atomic mass is 10.2. The Hall–Kier alpha value is -1.33. The zero-order valence-corrected chi connectivity index (χ0v) is 9.16. The van der Waals surface area contributed by atoms with Gasteiger partial charge >= 0.3 is 5.91 Å². The van der Waals surface area contributed by atoms with Crippen LogP contribution >= 0.6 is 0 Å². The number of amides is 1. The topological polar surface area (TPSA) is 77.5 Å². The van der Waals surface area contributed by atoms with Crippen molar-refractivity contribution in [3.05, 3.63) is 23.2 Å². The first-order chi connectivity index (χ1) is 7.04. The predicted molar refractivity (Wildman–Crippen MR) is 55.0 cm³/mol. The molecular formula is C10H16N2O3. The van der Waals surface area contributed by atoms with Crippen molar-refractivity contribution in [2.24, 2.45) is 5.84 Å². The summed E-state index contributed by atoms with van der Waals surface area (Å²) in [7, 11) is 0. The van der Waals surface area contributed by atoms with Crippen LogP contribution in [0.25, 0.3) is 0 Å².